The summed E-state index contributed by atoms with van der Waals surface area (Å²) in [5, 5.41) is 21.2. The topological polar surface area (TPSA) is 82.9 Å². The SMILES string of the molecule is CCSCCN1CC[C@@H](CCC(O)c2ccnc3ccc(OC)cc23)[C@@H](CCC(=O)O)C1. The lowest BCUT2D eigenvalue weighted by atomic mass is 9.79. The van der Waals surface area contributed by atoms with E-state index in [4.69, 9.17) is 4.74 Å². The molecule has 1 saturated heterocycles. The normalized spacial score (nSPS) is 20.3. The average Bonchev–Trinajstić information content (AvgIpc) is 2.81. The first-order valence-corrected chi connectivity index (χ1v) is 12.8. The van der Waals surface area contributed by atoms with Crippen LogP contribution in [0.15, 0.2) is 30.5 Å². The molecule has 0 spiro atoms. The van der Waals surface area contributed by atoms with Crippen LogP contribution in [0.25, 0.3) is 10.9 Å². The number of aliphatic carboxylic acids is 1. The van der Waals surface area contributed by atoms with Gasteiger partial charge in [-0.15, -0.1) is 0 Å². The van der Waals surface area contributed by atoms with Crippen LogP contribution in [-0.2, 0) is 4.79 Å². The summed E-state index contributed by atoms with van der Waals surface area (Å²) in [6.45, 7) is 5.28. The lowest BCUT2D eigenvalue weighted by Gasteiger charge is -2.39. The second-order valence-corrected chi connectivity index (χ2v) is 10.0. The molecule has 2 aromatic rings. The van der Waals surface area contributed by atoms with Gasteiger partial charge in [0.25, 0.3) is 0 Å². The zero-order valence-corrected chi connectivity index (χ0v) is 20.0. The Morgan fingerprint density at radius 2 is 2.16 bits per heavy atom. The highest BCUT2D eigenvalue weighted by molar-refractivity contribution is 7.99. The molecule has 0 aliphatic carbocycles. The first-order chi connectivity index (χ1) is 15.5. The molecule has 1 unspecified atom stereocenters. The van der Waals surface area contributed by atoms with Crippen molar-refractivity contribution in [1.29, 1.82) is 0 Å². The fourth-order valence-electron chi connectivity index (χ4n) is 4.80. The molecule has 1 fully saturated rings. The first kappa shape index (κ1) is 24.8. The maximum Gasteiger partial charge on any atom is 0.303 e. The lowest BCUT2D eigenvalue weighted by Crippen LogP contribution is -2.41. The number of aliphatic hydroxyl groups excluding tert-OH is 1. The van der Waals surface area contributed by atoms with E-state index in [0.717, 1.165) is 66.2 Å². The quantitative estimate of drug-likeness (QED) is 0.448. The van der Waals surface area contributed by atoms with Crippen molar-refractivity contribution in [3.63, 3.8) is 0 Å². The maximum absolute atomic E-state index is 11.2. The van der Waals surface area contributed by atoms with Crippen LogP contribution < -0.4 is 4.74 Å². The van der Waals surface area contributed by atoms with Crippen molar-refractivity contribution < 1.29 is 19.7 Å². The number of aliphatic hydroxyl groups is 1. The summed E-state index contributed by atoms with van der Waals surface area (Å²) in [7, 11) is 1.64. The molecule has 1 aliphatic rings. The van der Waals surface area contributed by atoms with Crippen molar-refractivity contribution >= 4 is 28.6 Å². The highest BCUT2D eigenvalue weighted by atomic mass is 32.2. The molecular weight excluding hydrogens is 424 g/mol. The standard InChI is InChI=1S/C25H36N2O4S/c1-3-32-15-14-27-13-11-18(19(17-27)5-9-25(29)30)4-8-24(28)21-10-12-26-23-7-6-20(31-2)16-22(21)23/h6-7,10,12,16,18-19,24,28H,3-5,8-9,11,13-15,17H2,1-2H3,(H,29,30)/t18-,19+,24?/m1/s1. The van der Waals surface area contributed by atoms with E-state index in [1.54, 1.807) is 13.3 Å². The van der Waals surface area contributed by atoms with E-state index >= 15 is 0 Å². The minimum absolute atomic E-state index is 0.218. The number of hydrogen-bond acceptors (Lipinski definition) is 6. The van der Waals surface area contributed by atoms with E-state index in [-0.39, 0.29) is 6.42 Å². The van der Waals surface area contributed by atoms with E-state index in [0.29, 0.717) is 24.7 Å². The third kappa shape index (κ3) is 6.83. The molecule has 176 valence electrons. The minimum atomic E-state index is -0.723. The number of pyridine rings is 1. The van der Waals surface area contributed by atoms with Gasteiger partial charge in [0.2, 0.25) is 0 Å². The van der Waals surface area contributed by atoms with E-state index < -0.39 is 12.1 Å². The van der Waals surface area contributed by atoms with Crippen molar-refractivity contribution in [3.8, 4) is 5.75 Å². The van der Waals surface area contributed by atoms with Gasteiger partial charge in [-0.2, -0.15) is 11.8 Å². The van der Waals surface area contributed by atoms with E-state index in [1.807, 2.05) is 36.0 Å². The largest absolute Gasteiger partial charge is 0.497 e. The summed E-state index contributed by atoms with van der Waals surface area (Å²) in [4.78, 5) is 18.1. The summed E-state index contributed by atoms with van der Waals surface area (Å²) >= 11 is 1.95. The Morgan fingerprint density at radius 3 is 2.91 bits per heavy atom. The predicted molar refractivity (Wildman–Crippen MR) is 130 cm³/mol. The number of carbonyl (C=O) groups is 1. The van der Waals surface area contributed by atoms with Gasteiger partial charge >= 0.3 is 5.97 Å². The van der Waals surface area contributed by atoms with Crippen molar-refractivity contribution in [2.75, 3.05) is 38.2 Å². The number of methoxy groups -OCH3 is 1. The molecule has 32 heavy (non-hydrogen) atoms. The Kier molecular flexibility index (Phi) is 9.63. The lowest BCUT2D eigenvalue weighted by molar-refractivity contribution is -0.137. The summed E-state index contributed by atoms with van der Waals surface area (Å²) in [6, 6.07) is 7.62. The Morgan fingerprint density at radius 1 is 1.31 bits per heavy atom. The van der Waals surface area contributed by atoms with Crippen LogP contribution in [0.5, 0.6) is 5.75 Å². The summed E-state index contributed by atoms with van der Waals surface area (Å²) < 4.78 is 5.35. The molecule has 1 aliphatic heterocycles. The molecule has 3 atom stereocenters. The van der Waals surface area contributed by atoms with Gasteiger partial charge in [-0.25, -0.2) is 0 Å². The third-order valence-corrected chi connectivity index (χ3v) is 7.49. The highest BCUT2D eigenvalue weighted by Crippen LogP contribution is 2.35. The van der Waals surface area contributed by atoms with E-state index in [1.165, 1.54) is 0 Å². The summed E-state index contributed by atoms with van der Waals surface area (Å²) in [5.74, 6) is 3.10. The smallest absolute Gasteiger partial charge is 0.303 e. The van der Waals surface area contributed by atoms with Crippen LogP contribution >= 0.6 is 11.8 Å². The number of fused-ring (bicyclic) bond motifs is 1. The number of likely N-dealkylation sites (tertiary alicyclic amines) is 1. The zero-order valence-electron chi connectivity index (χ0n) is 19.2. The maximum atomic E-state index is 11.2. The third-order valence-electron chi connectivity index (χ3n) is 6.61. The van der Waals surface area contributed by atoms with Crippen molar-refractivity contribution in [3.05, 3.63) is 36.0 Å². The first-order valence-electron chi connectivity index (χ1n) is 11.6. The second-order valence-electron chi connectivity index (χ2n) is 8.62. The number of ether oxygens (including phenoxy) is 1. The number of carboxylic acids is 1. The molecule has 3 rings (SSSR count). The minimum Gasteiger partial charge on any atom is -0.497 e. The molecule has 0 radical (unpaired) electrons. The number of nitrogens with zero attached hydrogens (tertiary/aromatic N) is 2. The Hall–Kier alpha value is -1.83. The Balaban J connectivity index is 1.64. The number of hydrogen-bond donors (Lipinski definition) is 2. The molecule has 7 heteroatoms. The fourth-order valence-corrected chi connectivity index (χ4v) is 5.48. The molecule has 2 heterocycles. The van der Waals surface area contributed by atoms with Crippen molar-refractivity contribution in [2.45, 2.75) is 45.1 Å². The van der Waals surface area contributed by atoms with Gasteiger partial charge in [-0.3, -0.25) is 9.78 Å². The van der Waals surface area contributed by atoms with Gasteiger partial charge in [0.05, 0.1) is 18.7 Å². The van der Waals surface area contributed by atoms with Crippen molar-refractivity contribution in [2.24, 2.45) is 11.8 Å². The molecule has 0 amide bonds. The van der Waals surface area contributed by atoms with Gasteiger partial charge in [0.15, 0.2) is 0 Å². The summed E-state index contributed by atoms with van der Waals surface area (Å²) in [6.07, 6.45) is 4.73. The van der Waals surface area contributed by atoms with Crippen LogP contribution in [0.2, 0.25) is 0 Å². The van der Waals surface area contributed by atoms with Crippen LogP contribution in [0.1, 0.15) is 50.7 Å². The average molecular weight is 461 g/mol. The molecule has 1 aromatic carbocycles. The number of aromatic nitrogens is 1. The van der Waals surface area contributed by atoms with Crippen molar-refractivity contribution in [1.82, 2.24) is 9.88 Å². The molecule has 1 aromatic heterocycles. The highest BCUT2D eigenvalue weighted by Gasteiger charge is 2.30. The number of rotatable bonds is 12. The molecule has 6 nitrogen and oxygen atoms in total. The van der Waals surface area contributed by atoms with E-state index in [2.05, 4.69) is 16.8 Å². The van der Waals surface area contributed by atoms with Crippen LogP contribution in [0, 0.1) is 11.8 Å². The van der Waals surface area contributed by atoms with Gasteiger partial charge in [0, 0.05) is 36.8 Å². The Labute approximate surface area is 195 Å². The van der Waals surface area contributed by atoms with Gasteiger partial charge in [-0.05, 0) is 79.6 Å². The van der Waals surface area contributed by atoms with E-state index in [9.17, 15) is 15.0 Å². The van der Waals surface area contributed by atoms with Crippen LogP contribution in [-0.4, -0.2) is 64.3 Å². The zero-order chi connectivity index (χ0) is 22.9. The van der Waals surface area contributed by atoms with Crippen LogP contribution in [0.4, 0.5) is 0 Å². The summed E-state index contributed by atoms with van der Waals surface area (Å²) in [5.41, 5.74) is 1.73. The number of piperidine rings is 1. The predicted octanol–water partition coefficient (Wildman–Crippen LogP) is 4.61. The fraction of sp³-hybridized carbons (Fsp3) is 0.600. The van der Waals surface area contributed by atoms with Crippen LogP contribution in [0.3, 0.4) is 0 Å². The Bertz CT molecular complexity index is 878. The number of benzene rings is 1. The van der Waals surface area contributed by atoms with Gasteiger partial charge in [0.1, 0.15) is 5.75 Å². The van der Waals surface area contributed by atoms with Gasteiger partial charge in [-0.1, -0.05) is 6.92 Å². The number of thioether (sulfide) groups is 1. The monoisotopic (exact) mass is 460 g/mol. The second kappa shape index (κ2) is 12.4. The molecule has 2 N–H and O–H groups in total. The molecule has 0 saturated carbocycles. The molecular formula is C25H36N2O4S. The molecule has 0 bridgehead atoms. The van der Waals surface area contributed by atoms with Gasteiger partial charge < -0.3 is 19.8 Å². The number of carboxylic acid groups (broad SMARTS) is 1.